The molecule has 18 heavy (non-hydrogen) atoms. The molecular weight excluding hydrogens is 230 g/mol. The molecule has 0 aromatic carbocycles. The van der Waals surface area contributed by atoms with E-state index in [0.717, 1.165) is 19.3 Å². The minimum Gasteiger partial charge on any atom is -0.355 e. The van der Waals surface area contributed by atoms with E-state index in [4.69, 9.17) is 5.73 Å². The van der Waals surface area contributed by atoms with Crippen LogP contribution < -0.4 is 16.4 Å². The van der Waals surface area contributed by atoms with Crippen LogP contribution in [-0.4, -0.2) is 30.9 Å². The second-order valence-corrected chi connectivity index (χ2v) is 5.30. The van der Waals surface area contributed by atoms with Gasteiger partial charge in [0.15, 0.2) is 0 Å². The van der Waals surface area contributed by atoms with E-state index in [2.05, 4.69) is 10.6 Å². The first-order valence-corrected chi connectivity index (χ1v) is 6.81. The lowest BCUT2D eigenvalue weighted by Crippen LogP contribution is -2.38. The molecule has 104 valence electrons. The lowest BCUT2D eigenvalue weighted by atomic mass is 9.95. The van der Waals surface area contributed by atoms with Gasteiger partial charge in [0, 0.05) is 24.9 Å². The van der Waals surface area contributed by atoms with Gasteiger partial charge in [0.1, 0.15) is 0 Å². The van der Waals surface area contributed by atoms with E-state index in [9.17, 15) is 9.59 Å². The molecule has 1 rings (SSSR count). The average Bonchev–Trinajstić information content (AvgIpc) is 2.75. The molecule has 1 fully saturated rings. The standard InChI is InChI=1S/C13H25N3O2/c1-9(2)16-12(17)6-7-15-13(18)11-5-3-4-10(11)8-14/h9-11H,3-8,14H2,1-2H3,(H,15,18)(H,16,17). The van der Waals surface area contributed by atoms with Crippen LogP contribution in [0.25, 0.3) is 0 Å². The number of nitrogens with two attached hydrogens (primary N) is 1. The zero-order chi connectivity index (χ0) is 13.5. The van der Waals surface area contributed by atoms with E-state index < -0.39 is 0 Å². The van der Waals surface area contributed by atoms with Gasteiger partial charge in [-0.3, -0.25) is 9.59 Å². The molecule has 0 saturated heterocycles. The molecule has 2 atom stereocenters. The van der Waals surface area contributed by atoms with Crippen molar-refractivity contribution in [3.05, 3.63) is 0 Å². The maximum absolute atomic E-state index is 11.9. The number of rotatable bonds is 6. The van der Waals surface area contributed by atoms with Crippen LogP contribution in [0.4, 0.5) is 0 Å². The van der Waals surface area contributed by atoms with Gasteiger partial charge in [-0.1, -0.05) is 6.42 Å². The number of amides is 2. The van der Waals surface area contributed by atoms with Gasteiger partial charge in [-0.25, -0.2) is 0 Å². The zero-order valence-corrected chi connectivity index (χ0v) is 11.4. The largest absolute Gasteiger partial charge is 0.355 e. The fraction of sp³-hybridized carbons (Fsp3) is 0.846. The normalized spacial score (nSPS) is 23.1. The lowest BCUT2D eigenvalue weighted by Gasteiger charge is -2.17. The summed E-state index contributed by atoms with van der Waals surface area (Å²) in [5.74, 6) is 0.394. The van der Waals surface area contributed by atoms with Crippen molar-refractivity contribution in [1.82, 2.24) is 10.6 Å². The molecule has 1 saturated carbocycles. The molecule has 0 aromatic heterocycles. The fourth-order valence-electron chi connectivity index (χ4n) is 2.49. The molecule has 2 amide bonds. The van der Waals surface area contributed by atoms with E-state index in [1.807, 2.05) is 13.8 Å². The molecular formula is C13H25N3O2. The monoisotopic (exact) mass is 255 g/mol. The Balaban J connectivity index is 2.23. The predicted octanol–water partition coefficient (Wildman–Crippen LogP) is 0.392. The Labute approximate surface area is 109 Å². The highest BCUT2D eigenvalue weighted by molar-refractivity contribution is 5.81. The molecule has 0 heterocycles. The van der Waals surface area contributed by atoms with Gasteiger partial charge in [-0.15, -0.1) is 0 Å². The molecule has 2 unspecified atom stereocenters. The first-order valence-electron chi connectivity index (χ1n) is 6.81. The first kappa shape index (κ1) is 15.0. The highest BCUT2D eigenvalue weighted by Gasteiger charge is 2.31. The van der Waals surface area contributed by atoms with E-state index in [1.165, 1.54) is 0 Å². The van der Waals surface area contributed by atoms with Gasteiger partial charge in [-0.05, 0) is 39.2 Å². The molecule has 1 aliphatic rings. The Bertz CT molecular complexity index is 292. The zero-order valence-electron chi connectivity index (χ0n) is 11.4. The predicted molar refractivity (Wildman–Crippen MR) is 70.8 cm³/mol. The number of carbonyl (C=O) groups excluding carboxylic acids is 2. The van der Waals surface area contributed by atoms with Crippen LogP contribution >= 0.6 is 0 Å². The average molecular weight is 255 g/mol. The molecule has 0 aliphatic heterocycles. The maximum atomic E-state index is 11.9. The van der Waals surface area contributed by atoms with Gasteiger partial charge in [0.2, 0.25) is 11.8 Å². The molecule has 0 bridgehead atoms. The maximum Gasteiger partial charge on any atom is 0.223 e. The highest BCUT2D eigenvalue weighted by atomic mass is 16.2. The van der Waals surface area contributed by atoms with Crippen LogP contribution in [0, 0.1) is 11.8 Å². The SMILES string of the molecule is CC(C)NC(=O)CCNC(=O)C1CCCC1CN. The number of nitrogens with one attached hydrogen (secondary N) is 2. The van der Waals surface area contributed by atoms with Gasteiger partial charge in [0.05, 0.1) is 0 Å². The third-order valence-electron chi connectivity index (χ3n) is 3.40. The Morgan fingerprint density at radius 1 is 1.33 bits per heavy atom. The molecule has 0 aromatic rings. The summed E-state index contributed by atoms with van der Waals surface area (Å²) in [6, 6.07) is 0.143. The van der Waals surface area contributed by atoms with Crippen LogP contribution in [0.3, 0.4) is 0 Å². The lowest BCUT2D eigenvalue weighted by molar-refractivity contribution is -0.126. The molecule has 5 nitrogen and oxygen atoms in total. The van der Waals surface area contributed by atoms with E-state index >= 15 is 0 Å². The van der Waals surface area contributed by atoms with Crippen LogP contribution in [0.15, 0.2) is 0 Å². The summed E-state index contributed by atoms with van der Waals surface area (Å²) in [7, 11) is 0. The van der Waals surface area contributed by atoms with Gasteiger partial charge in [-0.2, -0.15) is 0 Å². The van der Waals surface area contributed by atoms with E-state index in [0.29, 0.717) is 25.4 Å². The van der Waals surface area contributed by atoms with Crippen LogP contribution in [0.1, 0.15) is 39.5 Å². The Kier molecular flexibility index (Phi) is 6.12. The van der Waals surface area contributed by atoms with Crippen molar-refractivity contribution in [2.24, 2.45) is 17.6 Å². The van der Waals surface area contributed by atoms with Crippen LogP contribution in [0.5, 0.6) is 0 Å². The van der Waals surface area contributed by atoms with Gasteiger partial charge in [0.25, 0.3) is 0 Å². The summed E-state index contributed by atoms with van der Waals surface area (Å²) in [5.41, 5.74) is 5.65. The minimum atomic E-state index is -0.0212. The van der Waals surface area contributed by atoms with Crippen LogP contribution in [-0.2, 0) is 9.59 Å². The van der Waals surface area contributed by atoms with E-state index in [-0.39, 0.29) is 23.8 Å². The second-order valence-electron chi connectivity index (χ2n) is 5.30. The van der Waals surface area contributed by atoms with Gasteiger partial charge < -0.3 is 16.4 Å². The Morgan fingerprint density at radius 2 is 2.06 bits per heavy atom. The topological polar surface area (TPSA) is 84.2 Å². The van der Waals surface area contributed by atoms with Crippen molar-refractivity contribution >= 4 is 11.8 Å². The molecule has 4 N–H and O–H groups in total. The van der Waals surface area contributed by atoms with Crippen molar-refractivity contribution in [1.29, 1.82) is 0 Å². The summed E-state index contributed by atoms with van der Waals surface area (Å²) in [4.78, 5) is 23.3. The quantitative estimate of drug-likeness (QED) is 0.642. The molecule has 0 spiro atoms. The highest BCUT2D eigenvalue weighted by Crippen LogP contribution is 2.30. The van der Waals surface area contributed by atoms with Crippen molar-refractivity contribution in [2.75, 3.05) is 13.1 Å². The van der Waals surface area contributed by atoms with Crippen molar-refractivity contribution in [3.63, 3.8) is 0 Å². The number of carbonyl (C=O) groups is 2. The summed E-state index contributed by atoms with van der Waals surface area (Å²) < 4.78 is 0. The van der Waals surface area contributed by atoms with Gasteiger partial charge >= 0.3 is 0 Å². The minimum absolute atomic E-state index is 0.0212. The smallest absolute Gasteiger partial charge is 0.223 e. The summed E-state index contributed by atoms with van der Waals surface area (Å²) in [6.45, 7) is 4.82. The van der Waals surface area contributed by atoms with Crippen molar-refractivity contribution in [2.45, 2.75) is 45.6 Å². The van der Waals surface area contributed by atoms with Crippen LogP contribution in [0.2, 0.25) is 0 Å². The third-order valence-corrected chi connectivity index (χ3v) is 3.40. The summed E-state index contributed by atoms with van der Waals surface area (Å²) in [5, 5.41) is 5.63. The summed E-state index contributed by atoms with van der Waals surface area (Å²) in [6.07, 6.45) is 3.38. The molecule has 1 aliphatic carbocycles. The first-order chi connectivity index (χ1) is 8.54. The summed E-state index contributed by atoms with van der Waals surface area (Å²) >= 11 is 0. The Morgan fingerprint density at radius 3 is 2.67 bits per heavy atom. The number of hydrogen-bond acceptors (Lipinski definition) is 3. The molecule has 5 heteroatoms. The van der Waals surface area contributed by atoms with Crippen molar-refractivity contribution in [3.8, 4) is 0 Å². The number of hydrogen-bond donors (Lipinski definition) is 3. The third kappa shape index (κ3) is 4.64. The Hall–Kier alpha value is -1.10. The molecule has 0 radical (unpaired) electrons. The van der Waals surface area contributed by atoms with E-state index in [1.54, 1.807) is 0 Å². The van der Waals surface area contributed by atoms with Crippen molar-refractivity contribution < 1.29 is 9.59 Å². The fourth-order valence-corrected chi connectivity index (χ4v) is 2.49. The second kappa shape index (κ2) is 7.36.